The normalized spacial score (nSPS) is 10.9. The number of hydrogen-bond donors (Lipinski definition) is 1. The van der Waals surface area contributed by atoms with E-state index in [1.807, 2.05) is 0 Å². The predicted molar refractivity (Wildman–Crippen MR) is 111 cm³/mol. The van der Waals surface area contributed by atoms with Crippen LogP contribution in [0.25, 0.3) is 10.2 Å². The Bertz CT molecular complexity index is 1040. The van der Waals surface area contributed by atoms with Crippen molar-refractivity contribution in [2.75, 3.05) is 11.9 Å². The first-order valence-corrected chi connectivity index (χ1v) is 9.88. The lowest BCUT2D eigenvalue weighted by Gasteiger charge is -2.07. The molecule has 0 atom stereocenters. The summed E-state index contributed by atoms with van der Waals surface area (Å²) in [4.78, 5) is 28.5. The summed E-state index contributed by atoms with van der Waals surface area (Å²) >= 11 is 13.1. The fourth-order valence-corrected chi connectivity index (χ4v) is 3.66. The summed E-state index contributed by atoms with van der Waals surface area (Å²) < 4.78 is 11.3. The zero-order valence-corrected chi connectivity index (χ0v) is 17.3. The van der Waals surface area contributed by atoms with Crippen molar-refractivity contribution in [3.8, 4) is 5.75 Å². The van der Waals surface area contributed by atoms with Crippen molar-refractivity contribution >= 4 is 61.8 Å². The molecule has 3 aromatic rings. The van der Waals surface area contributed by atoms with Crippen LogP contribution in [0.2, 0.25) is 10.0 Å². The van der Waals surface area contributed by atoms with Crippen molar-refractivity contribution in [2.45, 2.75) is 20.0 Å². The van der Waals surface area contributed by atoms with Gasteiger partial charge in [-0.3, -0.25) is 10.1 Å². The Labute approximate surface area is 175 Å². The van der Waals surface area contributed by atoms with E-state index in [0.717, 1.165) is 4.70 Å². The highest BCUT2D eigenvalue weighted by molar-refractivity contribution is 7.22. The van der Waals surface area contributed by atoms with Gasteiger partial charge in [0.05, 0.1) is 26.9 Å². The number of hydrogen-bond acceptors (Lipinski definition) is 6. The van der Waals surface area contributed by atoms with Crippen LogP contribution in [0.15, 0.2) is 36.4 Å². The quantitative estimate of drug-likeness (QED) is 0.535. The SMILES string of the molecule is CC(C)OC(=O)c1ccc2nc(NC(=O)COc3ccc(Cl)cc3Cl)sc2c1. The molecule has 1 amide bonds. The third-order valence-corrected chi connectivity index (χ3v) is 4.93. The fourth-order valence-electron chi connectivity index (χ4n) is 2.28. The number of rotatable bonds is 6. The minimum absolute atomic E-state index is 0.200. The maximum atomic E-state index is 12.1. The van der Waals surface area contributed by atoms with Crippen molar-refractivity contribution in [1.29, 1.82) is 0 Å². The molecule has 0 saturated heterocycles. The second-order valence-electron chi connectivity index (χ2n) is 6.07. The van der Waals surface area contributed by atoms with Crippen molar-refractivity contribution in [3.05, 3.63) is 52.0 Å². The van der Waals surface area contributed by atoms with Gasteiger partial charge in [0, 0.05) is 5.02 Å². The molecule has 28 heavy (non-hydrogen) atoms. The number of nitrogens with one attached hydrogen (secondary N) is 1. The predicted octanol–water partition coefficient (Wildman–Crippen LogP) is 5.19. The topological polar surface area (TPSA) is 77.5 Å². The first kappa shape index (κ1) is 20.4. The van der Waals surface area contributed by atoms with Crippen LogP contribution in [0, 0.1) is 0 Å². The summed E-state index contributed by atoms with van der Waals surface area (Å²) in [6.45, 7) is 3.34. The minimum Gasteiger partial charge on any atom is -0.482 e. The zero-order valence-electron chi connectivity index (χ0n) is 15.0. The molecule has 0 aliphatic heterocycles. The maximum absolute atomic E-state index is 12.1. The van der Waals surface area contributed by atoms with Crippen LogP contribution >= 0.6 is 34.5 Å². The highest BCUT2D eigenvalue weighted by Crippen LogP contribution is 2.29. The van der Waals surface area contributed by atoms with Gasteiger partial charge in [0.25, 0.3) is 5.91 Å². The summed E-state index contributed by atoms with van der Waals surface area (Å²) in [7, 11) is 0. The van der Waals surface area contributed by atoms with Crippen LogP contribution in [-0.4, -0.2) is 29.6 Å². The van der Waals surface area contributed by atoms with Crippen LogP contribution < -0.4 is 10.1 Å². The Balaban J connectivity index is 1.65. The number of amides is 1. The molecule has 9 heteroatoms. The van der Waals surface area contributed by atoms with Gasteiger partial charge in [0.15, 0.2) is 11.7 Å². The van der Waals surface area contributed by atoms with Gasteiger partial charge in [0.2, 0.25) is 0 Å². The van der Waals surface area contributed by atoms with Gasteiger partial charge in [-0.1, -0.05) is 34.5 Å². The molecular weight excluding hydrogens is 423 g/mol. The standard InChI is InChI=1S/C19H16Cl2N2O4S/c1-10(2)27-18(25)11-3-5-14-16(7-11)28-19(22-14)23-17(24)9-26-15-6-4-12(20)8-13(15)21/h3-8,10H,9H2,1-2H3,(H,22,23,24). The van der Waals surface area contributed by atoms with Gasteiger partial charge in [-0.05, 0) is 50.2 Å². The number of aromatic nitrogens is 1. The van der Waals surface area contributed by atoms with Gasteiger partial charge in [-0.2, -0.15) is 0 Å². The van der Waals surface area contributed by atoms with E-state index in [4.69, 9.17) is 32.7 Å². The molecule has 0 aliphatic carbocycles. The number of halogens is 2. The lowest BCUT2D eigenvalue weighted by molar-refractivity contribution is -0.118. The van der Waals surface area contributed by atoms with Crippen molar-refractivity contribution in [1.82, 2.24) is 4.98 Å². The third kappa shape index (κ3) is 5.13. The van der Waals surface area contributed by atoms with Crippen LogP contribution in [0.4, 0.5) is 5.13 Å². The first-order valence-electron chi connectivity index (χ1n) is 8.31. The van der Waals surface area contributed by atoms with Crippen LogP contribution in [-0.2, 0) is 9.53 Å². The number of anilines is 1. The van der Waals surface area contributed by atoms with Gasteiger partial charge in [0.1, 0.15) is 5.75 Å². The van der Waals surface area contributed by atoms with Crippen LogP contribution in [0.1, 0.15) is 24.2 Å². The monoisotopic (exact) mass is 438 g/mol. The second-order valence-corrected chi connectivity index (χ2v) is 7.94. The average molecular weight is 439 g/mol. The molecule has 0 radical (unpaired) electrons. The van der Waals surface area contributed by atoms with E-state index < -0.39 is 5.97 Å². The summed E-state index contributed by atoms with van der Waals surface area (Å²) in [6, 6.07) is 9.79. The zero-order chi connectivity index (χ0) is 20.3. The summed E-state index contributed by atoms with van der Waals surface area (Å²) in [5.74, 6) is -0.424. The summed E-state index contributed by atoms with van der Waals surface area (Å²) in [5.41, 5.74) is 1.10. The molecule has 0 aliphatic rings. The van der Waals surface area contributed by atoms with Crippen LogP contribution in [0.3, 0.4) is 0 Å². The number of carbonyl (C=O) groups excluding carboxylic acids is 2. The Morgan fingerprint density at radius 2 is 1.96 bits per heavy atom. The number of carbonyl (C=O) groups is 2. The molecular formula is C19H16Cl2N2O4S. The Kier molecular flexibility index (Phi) is 6.39. The first-order chi connectivity index (χ1) is 13.3. The van der Waals surface area contributed by atoms with Crippen molar-refractivity contribution < 1.29 is 19.1 Å². The highest BCUT2D eigenvalue weighted by atomic mass is 35.5. The largest absolute Gasteiger partial charge is 0.482 e. The maximum Gasteiger partial charge on any atom is 0.338 e. The molecule has 0 bridgehead atoms. The fraction of sp³-hybridized carbons (Fsp3) is 0.211. The molecule has 0 fully saturated rings. The Morgan fingerprint density at radius 1 is 1.18 bits per heavy atom. The average Bonchev–Trinajstić information content (AvgIpc) is 3.01. The Hall–Kier alpha value is -2.35. The lowest BCUT2D eigenvalue weighted by atomic mass is 10.2. The Morgan fingerprint density at radius 3 is 2.68 bits per heavy atom. The molecule has 1 heterocycles. The number of esters is 1. The van der Waals surface area contributed by atoms with Gasteiger partial charge < -0.3 is 9.47 Å². The van der Waals surface area contributed by atoms with E-state index >= 15 is 0 Å². The molecule has 0 spiro atoms. The second kappa shape index (κ2) is 8.77. The number of nitrogens with zero attached hydrogens (tertiary/aromatic N) is 1. The number of ether oxygens (including phenoxy) is 2. The van der Waals surface area contributed by atoms with Gasteiger partial charge >= 0.3 is 5.97 Å². The van der Waals surface area contributed by atoms with E-state index in [9.17, 15) is 9.59 Å². The van der Waals surface area contributed by atoms with E-state index in [1.165, 1.54) is 17.4 Å². The van der Waals surface area contributed by atoms with E-state index in [1.54, 1.807) is 44.2 Å². The van der Waals surface area contributed by atoms with Gasteiger partial charge in [-0.25, -0.2) is 9.78 Å². The van der Waals surface area contributed by atoms with E-state index in [-0.39, 0.29) is 18.6 Å². The number of benzene rings is 2. The number of fused-ring (bicyclic) bond motifs is 1. The van der Waals surface area contributed by atoms with E-state index in [2.05, 4.69) is 10.3 Å². The molecule has 0 saturated carbocycles. The third-order valence-electron chi connectivity index (χ3n) is 3.47. The molecule has 3 rings (SSSR count). The molecule has 6 nitrogen and oxygen atoms in total. The summed E-state index contributed by atoms with van der Waals surface area (Å²) in [5, 5.41) is 3.87. The van der Waals surface area contributed by atoms with Gasteiger partial charge in [-0.15, -0.1) is 0 Å². The van der Waals surface area contributed by atoms with Crippen LogP contribution in [0.5, 0.6) is 5.75 Å². The number of thiazole rings is 1. The molecule has 2 aromatic carbocycles. The summed E-state index contributed by atoms with van der Waals surface area (Å²) in [6.07, 6.45) is -0.200. The smallest absolute Gasteiger partial charge is 0.338 e. The van der Waals surface area contributed by atoms with Crippen molar-refractivity contribution in [2.24, 2.45) is 0 Å². The molecule has 1 N–H and O–H groups in total. The van der Waals surface area contributed by atoms with Crippen molar-refractivity contribution in [3.63, 3.8) is 0 Å². The molecule has 146 valence electrons. The molecule has 1 aromatic heterocycles. The molecule has 0 unspecified atom stereocenters. The lowest BCUT2D eigenvalue weighted by Crippen LogP contribution is -2.20. The van der Waals surface area contributed by atoms with E-state index in [0.29, 0.717) is 32.0 Å². The minimum atomic E-state index is -0.399. The highest BCUT2D eigenvalue weighted by Gasteiger charge is 2.14.